The van der Waals surface area contributed by atoms with E-state index in [9.17, 15) is 4.79 Å². The fraction of sp³-hybridized carbons (Fsp3) is 0.448. The van der Waals surface area contributed by atoms with E-state index in [-0.39, 0.29) is 12.1 Å². The number of likely N-dealkylation sites (tertiary alicyclic amines) is 1. The molecule has 11 heteroatoms. The summed E-state index contributed by atoms with van der Waals surface area (Å²) in [5.74, 6) is 1.98. The zero-order valence-corrected chi connectivity index (χ0v) is 23.3. The van der Waals surface area contributed by atoms with E-state index in [1.807, 2.05) is 60.6 Å². The van der Waals surface area contributed by atoms with Crippen molar-refractivity contribution >= 4 is 17.3 Å². The number of nitrogens with zero attached hydrogens (tertiary/aromatic N) is 6. The van der Waals surface area contributed by atoms with Crippen molar-refractivity contribution in [3.63, 3.8) is 0 Å². The van der Waals surface area contributed by atoms with E-state index in [1.54, 1.807) is 18.3 Å². The van der Waals surface area contributed by atoms with Crippen LogP contribution in [0.1, 0.15) is 45.2 Å². The summed E-state index contributed by atoms with van der Waals surface area (Å²) in [4.78, 5) is 23.5. The highest BCUT2D eigenvalue weighted by atomic mass is 16.6. The van der Waals surface area contributed by atoms with Crippen molar-refractivity contribution in [1.82, 2.24) is 29.2 Å². The summed E-state index contributed by atoms with van der Waals surface area (Å²) >= 11 is 0. The number of imidazole rings is 1. The van der Waals surface area contributed by atoms with Crippen molar-refractivity contribution in [1.29, 1.82) is 0 Å². The van der Waals surface area contributed by atoms with Crippen LogP contribution in [0.25, 0.3) is 22.3 Å². The standard InChI is InChI=1S/C29H34N6O5/c1-29(2,3)40-28(36)33-7-5-22(6-8-33)35-17-21(15-32-35)20-13-23-27(30-14-20)34(18-31-23)16-19-11-24(37-4)26-25(12-19)38-9-10-39-26/h11-15,17-18,22H,5-10,16H2,1-4H3. The molecule has 6 rings (SSSR count). The minimum absolute atomic E-state index is 0.228. The van der Waals surface area contributed by atoms with Crippen LogP contribution in [-0.4, -0.2) is 74.3 Å². The summed E-state index contributed by atoms with van der Waals surface area (Å²) in [6, 6.07) is 6.20. The Hall–Kier alpha value is -4.28. The predicted octanol–water partition coefficient (Wildman–Crippen LogP) is 4.69. The van der Waals surface area contributed by atoms with Gasteiger partial charge in [-0.3, -0.25) is 4.68 Å². The van der Waals surface area contributed by atoms with E-state index in [0.29, 0.717) is 50.1 Å². The van der Waals surface area contributed by atoms with Crippen molar-refractivity contribution < 1.29 is 23.7 Å². The number of hydrogen-bond donors (Lipinski definition) is 0. The maximum Gasteiger partial charge on any atom is 0.410 e. The Morgan fingerprint density at radius 2 is 1.85 bits per heavy atom. The lowest BCUT2D eigenvalue weighted by molar-refractivity contribution is 0.0185. The molecule has 2 aliphatic heterocycles. The molecule has 40 heavy (non-hydrogen) atoms. The zero-order valence-electron chi connectivity index (χ0n) is 23.3. The van der Waals surface area contributed by atoms with Crippen molar-refractivity contribution in [3.05, 3.63) is 48.7 Å². The largest absolute Gasteiger partial charge is 0.493 e. The van der Waals surface area contributed by atoms with Gasteiger partial charge < -0.3 is 28.4 Å². The van der Waals surface area contributed by atoms with Gasteiger partial charge in [0.1, 0.15) is 24.3 Å². The molecule has 0 bridgehead atoms. The third-order valence-electron chi connectivity index (χ3n) is 7.12. The molecule has 0 spiro atoms. The highest BCUT2D eigenvalue weighted by Crippen LogP contribution is 2.40. The lowest BCUT2D eigenvalue weighted by atomic mass is 10.1. The molecule has 4 aromatic rings. The molecule has 1 aromatic carbocycles. The molecule has 210 valence electrons. The lowest BCUT2D eigenvalue weighted by Crippen LogP contribution is -2.42. The first-order valence-corrected chi connectivity index (χ1v) is 13.6. The number of carbonyl (C=O) groups is 1. The third-order valence-corrected chi connectivity index (χ3v) is 7.12. The van der Waals surface area contributed by atoms with E-state index >= 15 is 0 Å². The first kappa shape index (κ1) is 26.0. The Labute approximate surface area is 232 Å². The fourth-order valence-electron chi connectivity index (χ4n) is 5.16. The van der Waals surface area contributed by atoms with Gasteiger partial charge in [-0.1, -0.05) is 0 Å². The average Bonchev–Trinajstić information content (AvgIpc) is 3.59. The third kappa shape index (κ3) is 5.28. The highest BCUT2D eigenvalue weighted by molar-refractivity contribution is 5.78. The lowest BCUT2D eigenvalue weighted by Gasteiger charge is -2.33. The number of amides is 1. The summed E-state index contributed by atoms with van der Waals surface area (Å²) in [7, 11) is 1.63. The quantitative estimate of drug-likeness (QED) is 0.355. The number of benzene rings is 1. The first-order valence-electron chi connectivity index (χ1n) is 13.6. The molecule has 11 nitrogen and oxygen atoms in total. The van der Waals surface area contributed by atoms with Gasteiger partial charge in [0.05, 0.1) is 32.2 Å². The summed E-state index contributed by atoms with van der Waals surface area (Å²) in [5, 5.41) is 4.63. The molecule has 0 N–H and O–H groups in total. The second kappa shape index (κ2) is 10.4. The van der Waals surface area contributed by atoms with E-state index in [4.69, 9.17) is 23.9 Å². The van der Waals surface area contributed by atoms with E-state index < -0.39 is 5.60 Å². The van der Waals surface area contributed by atoms with Gasteiger partial charge in [0.15, 0.2) is 17.1 Å². The number of fused-ring (bicyclic) bond motifs is 2. The van der Waals surface area contributed by atoms with Crippen LogP contribution in [-0.2, 0) is 11.3 Å². The van der Waals surface area contributed by atoms with Crippen molar-refractivity contribution in [2.75, 3.05) is 33.4 Å². The van der Waals surface area contributed by atoms with Gasteiger partial charge in [0, 0.05) is 36.6 Å². The Morgan fingerprint density at radius 3 is 2.62 bits per heavy atom. The zero-order chi connectivity index (χ0) is 27.9. The molecule has 1 fully saturated rings. The molecule has 0 radical (unpaired) electrons. The van der Waals surface area contributed by atoms with Crippen LogP contribution in [0.3, 0.4) is 0 Å². The number of carbonyl (C=O) groups excluding carboxylic acids is 1. The van der Waals surface area contributed by atoms with E-state index in [0.717, 1.165) is 40.7 Å². The van der Waals surface area contributed by atoms with Gasteiger partial charge in [-0.25, -0.2) is 14.8 Å². The average molecular weight is 547 g/mol. The van der Waals surface area contributed by atoms with E-state index in [2.05, 4.69) is 16.3 Å². The number of aromatic nitrogens is 5. The van der Waals surface area contributed by atoms with Gasteiger partial charge in [-0.15, -0.1) is 0 Å². The van der Waals surface area contributed by atoms with Gasteiger partial charge in [-0.05, 0) is 57.4 Å². The molecular formula is C29H34N6O5. The van der Waals surface area contributed by atoms with Crippen molar-refractivity contribution in [2.45, 2.75) is 51.8 Å². The Balaban J connectivity index is 1.14. The molecule has 0 saturated carbocycles. The summed E-state index contributed by atoms with van der Waals surface area (Å²) < 4.78 is 26.6. The topological polar surface area (TPSA) is 106 Å². The second-order valence-electron chi connectivity index (χ2n) is 11.2. The number of rotatable bonds is 5. The fourth-order valence-corrected chi connectivity index (χ4v) is 5.16. The number of hydrogen-bond acceptors (Lipinski definition) is 8. The van der Waals surface area contributed by atoms with Crippen LogP contribution in [0.5, 0.6) is 17.2 Å². The normalized spacial score (nSPS) is 15.8. The SMILES string of the molecule is COc1cc(Cn2cnc3cc(-c4cnn(C5CCN(C(=O)OC(C)(C)C)CC5)c4)cnc32)cc2c1OCCO2. The Morgan fingerprint density at radius 1 is 1.05 bits per heavy atom. The van der Waals surface area contributed by atoms with Gasteiger partial charge in [-0.2, -0.15) is 5.10 Å². The molecule has 1 saturated heterocycles. The molecule has 0 aliphatic carbocycles. The summed E-state index contributed by atoms with van der Waals surface area (Å²) in [6.07, 6.45) is 8.97. The van der Waals surface area contributed by atoms with Gasteiger partial charge >= 0.3 is 6.09 Å². The number of piperidine rings is 1. The van der Waals surface area contributed by atoms with Gasteiger partial charge in [0.25, 0.3) is 0 Å². The monoisotopic (exact) mass is 546 g/mol. The maximum atomic E-state index is 12.4. The number of pyridine rings is 1. The number of methoxy groups -OCH3 is 1. The predicted molar refractivity (Wildman–Crippen MR) is 148 cm³/mol. The smallest absolute Gasteiger partial charge is 0.410 e. The van der Waals surface area contributed by atoms with Gasteiger partial charge in [0.2, 0.25) is 5.75 Å². The van der Waals surface area contributed by atoms with Crippen LogP contribution in [0.15, 0.2) is 43.1 Å². The van der Waals surface area contributed by atoms with Crippen molar-refractivity contribution in [3.8, 4) is 28.4 Å². The summed E-state index contributed by atoms with van der Waals surface area (Å²) in [5.41, 5.74) is 4.05. The van der Waals surface area contributed by atoms with E-state index in [1.165, 1.54) is 0 Å². The molecule has 0 atom stereocenters. The second-order valence-corrected chi connectivity index (χ2v) is 11.2. The molecular weight excluding hydrogens is 512 g/mol. The highest BCUT2D eigenvalue weighted by Gasteiger charge is 2.28. The first-order chi connectivity index (χ1) is 19.3. The molecule has 0 unspecified atom stereocenters. The molecule has 2 aliphatic rings. The number of ether oxygens (including phenoxy) is 4. The van der Waals surface area contributed by atoms with Crippen LogP contribution in [0, 0.1) is 0 Å². The molecule has 1 amide bonds. The van der Waals surface area contributed by atoms with Crippen LogP contribution < -0.4 is 14.2 Å². The Bertz CT molecular complexity index is 1510. The van der Waals surface area contributed by atoms with Crippen LogP contribution in [0.2, 0.25) is 0 Å². The molecule has 5 heterocycles. The van der Waals surface area contributed by atoms with Crippen molar-refractivity contribution in [2.24, 2.45) is 0 Å². The van der Waals surface area contributed by atoms with Crippen LogP contribution in [0.4, 0.5) is 4.79 Å². The minimum atomic E-state index is -0.491. The molecule has 3 aromatic heterocycles. The maximum absolute atomic E-state index is 12.4. The Kier molecular flexibility index (Phi) is 6.73. The summed E-state index contributed by atoms with van der Waals surface area (Å²) in [6.45, 7) is 8.54. The minimum Gasteiger partial charge on any atom is -0.493 e. The van der Waals surface area contributed by atoms with Crippen LogP contribution >= 0.6 is 0 Å².